The van der Waals surface area contributed by atoms with Crippen molar-refractivity contribution in [2.45, 2.75) is 6.04 Å². The van der Waals surface area contributed by atoms with Gasteiger partial charge in [0, 0.05) is 16.8 Å². The molecule has 0 spiro atoms. The Morgan fingerprint density at radius 2 is 1.91 bits per heavy atom. The Labute approximate surface area is 200 Å². The molecule has 1 aliphatic heterocycles. The second-order valence-corrected chi connectivity index (χ2v) is 9.02. The summed E-state index contributed by atoms with van der Waals surface area (Å²) in [6.07, 6.45) is 1.52. The van der Waals surface area contributed by atoms with Crippen LogP contribution in [0.3, 0.4) is 0 Å². The maximum atomic E-state index is 14.0. The number of aliphatic hydroxyl groups is 1. The molecule has 1 atom stereocenters. The molecule has 1 fully saturated rings. The van der Waals surface area contributed by atoms with Crippen LogP contribution in [-0.4, -0.2) is 26.8 Å². The summed E-state index contributed by atoms with van der Waals surface area (Å²) in [5.41, 5.74) is 0.852. The number of ketones is 1. The number of pyridine rings is 1. The molecule has 1 aliphatic rings. The maximum absolute atomic E-state index is 14.0. The Morgan fingerprint density at radius 3 is 2.64 bits per heavy atom. The van der Waals surface area contributed by atoms with Crippen LogP contribution >= 0.6 is 34.5 Å². The van der Waals surface area contributed by atoms with Gasteiger partial charge in [-0.3, -0.25) is 19.5 Å². The molecule has 1 N–H and O–H groups in total. The summed E-state index contributed by atoms with van der Waals surface area (Å²) in [5.74, 6) is -2.79. The molecule has 2 aromatic heterocycles. The Balaban J connectivity index is 1.73. The summed E-state index contributed by atoms with van der Waals surface area (Å²) in [7, 11) is 0. The van der Waals surface area contributed by atoms with E-state index in [1.807, 2.05) is 0 Å². The van der Waals surface area contributed by atoms with Crippen molar-refractivity contribution < 1.29 is 19.1 Å². The monoisotopic (exact) mass is 499 g/mol. The molecule has 6 nitrogen and oxygen atoms in total. The topological polar surface area (TPSA) is 83.4 Å². The van der Waals surface area contributed by atoms with Gasteiger partial charge in [-0.1, -0.05) is 52.7 Å². The standard InChI is InChI=1S/C23H12Cl2FN3O3S/c24-12-5-3-4-11(8-12)20(30)18-19(15-6-1-2-7-27-15)29(22(32)21(18)31)23-28-16-9-13(25)14(26)10-17(16)33-23/h1-10,19,30H/b20-18+. The number of halogens is 3. The van der Waals surface area contributed by atoms with Crippen LogP contribution in [0.1, 0.15) is 17.3 Å². The number of hydrogen-bond donors (Lipinski definition) is 1. The number of thiazole rings is 1. The highest BCUT2D eigenvalue weighted by Crippen LogP contribution is 2.44. The second-order valence-electron chi connectivity index (χ2n) is 7.16. The van der Waals surface area contributed by atoms with Gasteiger partial charge in [-0.05, 0) is 36.4 Å². The van der Waals surface area contributed by atoms with Gasteiger partial charge in [-0.25, -0.2) is 9.37 Å². The Morgan fingerprint density at radius 1 is 1.09 bits per heavy atom. The number of amides is 1. The van der Waals surface area contributed by atoms with Gasteiger partial charge >= 0.3 is 5.91 Å². The van der Waals surface area contributed by atoms with Gasteiger partial charge in [0.15, 0.2) is 5.13 Å². The molecule has 1 unspecified atom stereocenters. The van der Waals surface area contributed by atoms with Gasteiger partial charge in [0.1, 0.15) is 17.6 Å². The fourth-order valence-electron chi connectivity index (χ4n) is 3.65. The summed E-state index contributed by atoms with van der Waals surface area (Å²) in [6, 6.07) is 12.9. The first kappa shape index (κ1) is 21.5. The molecule has 0 saturated carbocycles. The molecular weight excluding hydrogens is 488 g/mol. The summed E-state index contributed by atoms with van der Waals surface area (Å²) in [5, 5.41) is 11.4. The minimum atomic E-state index is -1.05. The average molecular weight is 500 g/mol. The maximum Gasteiger partial charge on any atom is 0.301 e. The summed E-state index contributed by atoms with van der Waals surface area (Å²) in [6.45, 7) is 0. The van der Waals surface area contributed by atoms with Crippen LogP contribution in [0, 0.1) is 5.82 Å². The van der Waals surface area contributed by atoms with Crippen LogP contribution < -0.4 is 4.90 Å². The van der Waals surface area contributed by atoms with E-state index in [1.165, 1.54) is 24.4 Å². The van der Waals surface area contributed by atoms with Gasteiger partial charge in [-0.15, -0.1) is 0 Å². The molecule has 4 aromatic rings. The van der Waals surface area contributed by atoms with Crippen LogP contribution in [0.5, 0.6) is 0 Å². The summed E-state index contributed by atoms with van der Waals surface area (Å²) >= 11 is 12.9. The number of nitrogens with zero attached hydrogens (tertiary/aromatic N) is 3. The Kier molecular flexibility index (Phi) is 5.36. The van der Waals surface area contributed by atoms with E-state index >= 15 is 0 Å². The number of carbonyl (C=O) groups excluding carboxylic acids is 2. The van der Waals surface area contributed by atoms with Crippen molar-refractivity contribution in [2.75, 3.05) is 4.90 Å². The molecule has 2 aromatic carbocycles. The molecule has 3 heterocycles. The normalized spacial score (nSPS) is 17.8. The minimum Gasteiger partial charge on any atom is -0.507 e. The van der Waals surface area contributed by atoms with Crippen molar-refractivity contribution >= 4 is 67.3 Å². The predicted molar refractivity (Wildman–Crippen MR) is 125 cm³/mol. The molecule has 0 bridgehead atoms. The lowest BCUT2D eigenvalue weighted by molar-refractivity contribution is -0.132. The fraction of sp³-hybridized carbons (Fsp3) is 0.0435. The van der Waals surface area contributed by atoms with Crippen LogP contribution in [-0.2, 0) is 9.59 Å². The number of fused-ring (bicyclic) bond motifs is 1. The first-order chi connectivity index (χ1) is 15.8. The number of hydrogen-bond acceptors (Lipinski definition) is 6. The molecular formula is C23H12Cl2FN3O3S. The lowest BCUT2D eigenvalue weighted by Crippen LogP contribution is -2.29. The van der Waals surface area contributed by atoms with Crippen molar-refractivity contribution in [1.82, 2.24) is 9.97 Å². The zero-order valence-corrected chi connectivity index (χ0v) is 18.8. The fourth-order valence-corrected chi connectivity index (χ4v) is 5.00. The van der Waals surface area contributed by atoms with E-state index in [0.29, 0.717) is 20.9 Å². The number of Topliss-reactive ketones (excluding diaryl/α,β-unsaturated/α-hetero) is 1. The molecule has 5 rings (SSSR count). The number of anilines is 1. The SMILES string of the molecule is O=C1C(=O)N(c2nc3cc(Cl)c(F)cc3s2)C(c2ccccn2)/C1=C(\O)c1cccc(Cl)c1. The molecule has 0 radical (unpaired) electrons. The first-order valence-corrected chi connectivity index (χ1v) is 11.2. The number of aliphatic hydroxyl groups excluding tert-OH is 1. The van der Waals surface area contributed by atoms with Crippen molar-refractivity contribution in [3.05, 3.63) is 93.5 Å². The highest BCUT2D eigenvalue weighted by atomic mass is 35.5. The van der Waals surface area contributed by atoms with Gasteiger partial charge in [0.05, 0.1) is 26.5 Å². The molecule has 33 heavy (non-hydrogen) atoms. The first-order valence-electron chi connectivity index (χ1n) is 9.58. The number of rotatable bonds is 3. The van der Waals surface area contributed by atoms with Crippen molar-refractivity contribution in [3.63, 3.8) is 0 Å². The van der Waals surface area contributed by atoms with E-state index in [4.69, 9.17) is 23.2 Å². The molecule has 0 aliphatic carbocycles. The van der Waals surface area contributed by atoms with E-state index < -0.39 is 23.5 Å². The van der Waals surface area contributed by atoms with Crippen molar-refractivity contribution in [1.29, 1.82) is 0 Å². The minimum absolute atomic E-state index is 0.108. The average Bonchev–Trinajstić information content (AvgIpc) is 3.32. The summed E-state index contributed by atoms with van der Waals surface area (Å²) < 4.78 is 14.4. The van der Waals surface area contributed by atoms with Crippen LogP contribution in [0.4, 0.5) is 9.52 Å². The highest BCUT2D eigenvalue weighted by molar-refractivity contribution is 7.22. The number of aromatic nitrogens is 2. The third-order valence-corrected chi connectivity index (χ3v) is 6.68. The van der Waals surface area contributed by atoms with Crippen LogP contribution in [0.15, 0.2) is 66.4 Å². The third kappa shape index (κ3) is 3.66. The van der Waals surface area contributed by atoms with Crippen LogP contribution in [0.2, 0.25) is 10.0 Å². The zero-order valence-electron chi connectivity index (χ0n) is 16.5. The van der Waals surface area contributed by atoms with Gasteiger partial charge in [0.25, 0.3) is 5.78 Å². The van der Waals surface area contributed by atoms with E-state index in [0.717, 1.165) is 16.2 Å². The predicted octanol–water partition coefficient (Wildman–Crippen LogP) is 5.76. The van der Waals surface area contributed by atoms with Gasteiger partial charge in [-0.2, -0.15) is 0 Å². The van der Waals surface area contributed by atoms with Crippen LogP contribution in [0.25, 0.3) is 16.0 Å². The molecule has 10 heteroatoms. The number of benzene rings is 2. The van der Waals surface area contributed by atoms with Gasteiger partial charge in [0.2, 0.25) is 0 Å². The quantitative estimate of drug-likeness (QED) is 0.220. The zero-order chi connectivity index (χ0) is 23.3. The Bertz CT molecular complexity index is 1430. The lowest BCUT2D eigenvalue weighted by Gasteiger charge is -2.21. The van der Waals surface area contributed by atoms with E-state index in [9.17, 15) is 19.1 Å². The summed E-state index contributed by atoms with van der Waals surface area (Å²) in [4.78, 5) is 36.2. The largest absolute Gasteiger partial charge is 0.507 e. The van der Waals surface area contributed by atoms with Gasteiger partial charge < -0.3 is 5.11 Å². The molecule has 1 amide bonds. The third-order valence-electron chi connectivity index (χ3n) is 5.14. The second kappa shape index (κ2) is 8.22. The van der Waals surface area contributed by atoms with Crippen molar-refractivity contribution in [3.8, 4) is 0 Å². The van der Waals surface area contributed by atoms with E-state index in [-0.39, 0.29) is 27.0 Å². The highest BCUT2D eigenvalue weighted by Gasteiger charge is 2.48. The van der Waals surface area contributed by atoms with E-state index in [2.05, 4.69) is 9.97 Å². The Hall–Kier alpha value is -3.33. The van der Waals surface area contributed by atoms with E-state index in [1.54, 1.807) is 36.4 Å². The smallest absolute Gasteiger partial charge is 0.301 e. The number of carbonyl (C=O) groups is 2. The lowest BCUT2D eigenvalue weighted by atomic mass is 9.98. The molecule has 1 saturated heterocycles. The van der Waals surface area contributed by atoms with Crippen molar-refractivity contribution in [2.24, 2.45) is 0 Å². The molecule has 164 valence electrons.